The van der Waals surface area contributed by atoms with E-state index < -0.39 is 0 Å². The van der Waals surface area contributed by atoms with Gasteiger partial charge in [-0.3, -0.25) is 9.59 Å². The minimum atomic E-state index is -0.229. The smallest absolute Gasteiger partial charge is 0.251 e. The first kappa shape index (κ1) is 17.0. The fourth-order valence-corrected chi connectivity index (χ4v) is 2.05. The van der Waals surface area contributed by atoms with E-state index in [0.29, 0.717) is 23.4 Å². The van der Waals surface area contributed by atoms with E-state index in [9.17, 15) is 9.59 Å². The van der Waals surface area contributed by atoms with Gasteiger partial charge in [0.2, 0.25) is 5.91 Å². The molecular weight excluding hydrogens is 304 g/mol. The van der Waals surface area contributed by atoms with Gasteiger partial charge in [-0.15, -0.1) is 0 Å². The summed E-state index contributed by atoms with van der Waals surface area (Å²) in [7, 11) is 0. The Hall–Kier alpha value is -3.33. The summed E-state index contributed by atoms with van der Waals surface area (Å²) in [6.45, 7) is 2.47. The van der Waals surface area contributed by atoms with E-state index in [-0.39, 0.29) is 18.4 Å². The van der Waals surface area contributed by atoms with Crippen LogP contribution in [0.3, 0.4) is 0 Å². The van der Waals surface area contributed by atoms with Crippen molar-refractivity contribution in [3.63, 3.8) is 0 Å². The van der Waals surface area contributed by atoms with Crippen molar-refractivity contribution in [1.29, 1.82) is 5.26 Å². The van der Waals surface area contributed by atoms with Crippen LogP contribution < -0.4 is 16.0 Å². The summed E-state index contributed by atoms with van der Waals surface area (Å²) in [6.07, 6.45) is 0. The van der Waals surface area contributed by atoms with Gasteiger partial charge in [0.25, 0.3) is 5.91 Å². The van der Waals surface area contributed by atoms with Crippen molar-refractivity contribution in [1.82, 2.24) is 5.32 Å². The number of amides is 2. The molecule has 24 heavy (non-hydrogen) atoms. The summed E-state index contributed by atoms with van der Waals surface area (Å²) in [4.78, 5) is 23.8. The molecule has 0 spiro atoms. The molecule has 0 unspecified atom stereocenters. The third-order valence-electron chi connectivity index (χ3n) is 3.21. The lowest BCUT2D eigenvalue weighted by atomic mass is 10.2. The number of hydrogen-bond donors (Lipinski definition) is 3. The maximum absolute atomic E-state index is 12.0. The summed E-state index contributed by atoms with van der Waals surface area (Å²) in [6, 6.07) is 15.6. The van der Waals surface area contributed by atoms with Gasteiger partial charge >= 0.3 is 0 Å². The molecule has 3 N–H and O–H groups in total. The Balaban J connectivity index is 1.91. The third kappa shape index (κ3) is 4.85. The average molecular weight is 322 g/mol. The number of carbonyl (C=O) groups is 2. The second kappa shape index (κ2) is 8.34. The predicted molar refractivity (Wildman–Crippen MR) is 92.7 cm³/mol. The van der Waals surface area contributed by atoms with Crippen molar-refractivity contribution >= 4 is 23.2 Å². The van der Waals surface area contributed by atoms with Gasteiger partial charge in [-0.2, -0.15) is 5.26 Å². The zero-order valence-electron chi connectivity index (χ0n) is 13.3. The predicted octanol–water partition coefficient (Wildman–Crippen LogP) is 2.36. The van der Waals surface area contributed by atoms with Gasteiger partial charge in [0, 0.05) is 23.5 Å². The van der Waals surface area contributed by atoms with Gasteiger partial charge in [-0.1, -0.05) is 6.07 Å². The Morgan fingerprint density at radius 3 is 2.50 bits per heavy atom. The maximum atomic E-state index is 12.0. The van der Waals surface area contributed by atoms with E-state index >= 15 is 0 Å². The van der Waals surface area contributed by atoms with Crippen LogP contribution in [0.25, 0.3) is 0 Å². The number of nitriles is 1. The minimum Gasteiger partial charge on any atom is -0.376 e. The first-order valence-corrected chi connectivity index (χ1v) is 7.54. The van der Waals surface area contributed by atoms with Crippen LogP contribution in [0.15, 0.2) is 48.5 Å². The molecule has 0 radical (unpaired) electrons. The van der Waals surface area contributed by atoms with Crippen molar-refractivity contribution in [3.05, 3.63) is 59.7 Å². The lowest BCUT2D eigenvalue weighted by Crippen LogP contribution is -2.24. The first-order valence-electron chi connectivity index (χ1n) is 7.54. The van der Waals surface area contributed by atoms with Crippen molar-refractivity contribution in [2.24, 2.45) is 0 Å². The lowest BCUT2D eigenvalue weighted by Gasteiger charge is -2.09. The molecule has 2 aromatic rings. The van der Waals surface area contributed by atoms with Crippen molar-refractivity contribution in [2.75, 3.05) is 23.7 Å². The van der Waals surface area contributed by atoms with Crippen molar-refractivity contribution < 1.29 is 9.59 Å². The molecule has 6 nitrogen and oxygen atoms in total. The van der Waals surface area contributed by atoms with E-state index in [1.165, 1.54) is 0 Å². The molecule has 0 atom stereocenters. The first-order chi connectivity index (χ1) is 11.6. The molecule has 0 aliphatic rings. The number of benzene rings is 2. The number of nitrogens with one attached hydrogen (secondary N) is 3. The molecule has 0 aromatic heterocycles. The number of anilines is 2. The van der Waals surface area contributed by atoms with Crippen LogP contribution in [0, 0.1) is 11.3 Å². The summed E-state index contributed by atoms with van der Waals surface area (Å²) in [5.41, 5.74) is 2.37. The molecule has 2 aromatic carbocycles. The highest BCUT2D eigenvalue weighted by molar-refractivity contribution is 5.98. The molecule has 0 heterocycles. The molecule has 2 rings (SSSR count). The number of hydrogen-bond acceptors (Lipinski definition) is 4. The van der Waals surface area contributed by atoms with Crippen LogP contribution in [-0.2, 0) is 4.79 Å². The topological polar surface area (TPSA) is 94.0 Å². The van der Waals surface area contributed by atoms with Gasteiger partial charge in [0.1, 0.15) is 0 Å². The van der Waals surface area contributed by atoms with Gasteiger partial charge in [0.15, 0.2) is 0 Å². The fraction of sp³-hybridized carbons (Fsp3) is 0.167. The molecule has 0 saturated carbocycles. The third-order valence-corrected chi connectivity index (χ3v) is 3.21. The largest absolute Gasteiger partial charge is 0.376 e. The standard InChI is InChI=1S/C18H18N4O2/c1-2-20-18(24)14-4-3-5-16(10-14)22-17(23)12-21-15-8-6-13(11-19)7-9-15/h3-10,21H,2,12H2,1H3,(H,20,24)(H,22,23). The number of nitrogens with zero attached hydrogens (tertiary/aromatic N) is 1. The summed E-state index contributed by atoms with van der Waals surface area (Å²) < 4.78 is 0. The van der Waals surface area contributed by atoms with Crippen LogP contribution in [0.1, 0.15) is 22.8 Å². The molecule has 0 bridgehead atoms. The molecule has 122 valence electrons. The highest BCUT2D eigenvalue weighted by Gasteiger charge is 2.07. The van der Waals surface area contributed by atoms with Gasteiger partial charge in [-0.05, 0) is 49.4 Å². The summed E-state index contributed by atoms with van der Waals surface area (Å²) >= 11 is 0. The Morgan fingerprint density at radius 1 is 1.08 bits per heavy atom. The van der Waals surface area contributed by atoms with Gasteiger partial charge < -0.3 is 16.0 Å². The van der Waals surface area contributed by atoms with E-state index in [0.717, 1.165) is 5.69 Å². The maximum Gasteiger partial charge on any atom is 0.251 e. The number of carbonyl (C=O) groups excluding carboxylic acids is 2. The fourth-order valence-electron chi connectivity index (χ4n) is 2.05. The summed E-state index contributed by atoms with van der Waals surface area (Å²) in [5, 5.41) is 17.2. The molecule has 0 saturated heterocycles. The Labute approximate surface area is 140 Å². The van der Waals surface area contributed by atoms with Crippen LogP contribution in [0.5, 0.6) is 0 Å². The van der Waals surface area contributed by atoms with Crippen molar-refractivity contribution in [2.45, 2.75) is 6.92 Å². The van der Waals surface area contributed by atoms with E-state index in [2.05, 4.69) is 16.0 Å². The SMILES string of the molecule is CCNC(=O)c1cccc(NC(=O)CNc2ccc(C#N)cc2)c1. The van der Waals surface area contributed by atoms with Crippen LogP contribution in [-0.4, -0.2) is 24.9 Å². The number of rotatable bonds is 6. The summed E-state index contributed by atoms with van der Waals surface area (Å²) in [5.74, 6) is -0.406. The molecule has 0 aliphatic carbocycles. The van der Waals surface area contributed by atoms with E-state index in [4.69, 9.17) is 5.26 Å². The molecular formula is C18H18N4O2. The molecule has 6 heteroatoms. The van der Waals surface area contributed by atoms with Crippen LogP contribution in [0.2, 0.25) is 0 Å². The lowest BCUT2D eigenvalue weighted by molar-refractivity contribution is -0.114. The van der Waals surface area contributed by atoms with Gasteiger partial charge in [0.05, 0.1) is 18.2 Å². The van der Waals surface area contributed by atoms with Gasteiger partial charge in [-0.25, -0.2) is 0 Å². The minimum absolute atomic E-state index is 0.0806. The Kier molecular flexibility index (Phi) is 5.92. The van der Waals surface area contributed by atoms with Crippen LogP contribution in [0.4, 0.5) is 11.4 Å². The molecule has 2 amide bonds. The molecule has 0 fully saturated rings. The van der Waals surface area contributed by atoms with E-state index in [1.54, 1.807) is 48.5 Å². The zero-order valence-corrected chi connectivity index (χ0v) is 13.3. The second-order valence-electron chi connectivity index (χ2n) is 5.03. The average Bonchev–Trinajstić information content (AvgIpc) is 2.61. The normalized spacial score (nSPS) is 9.67. The Morgan fingerprint density at radius 2 is 1.83 bits per heavy atom. The Bertz CT molecular complexity index is 763. The molecule has 0 aliphatic heterocycles. The highest BCUT2D eigenvalue weighted by atomic mass is 16.2. The monoisotopic (exact) mass is 322 g/mol. The zero-order chi connectivity index (χ0) is 17.4. The van der Waals surface area contributed by atoms with Crippen LogP contribution >= 0.6 is 0 Å². The second-order valence-corrected chi connectivity index (χ2v) is 5.03. The van der Waals surface area contributed by atoms with Crippen molar-refractivity contribution in [3.8, 4) is 6.07 Å². The van der Waals surface area contributed by atoms with E-state index in [1.807, 2.05) is 13.0 Å². The highest BCUT2D eigenvalue weighted by Crippen LogP contribution is 2.11. The quantitative estimate of drug-likeness (QED) is 0.761.